The lowest BCUT2D eigenvalue weighted by Gasteiger charge is -2.11. The van der Waals surface area contributed by atoms with Crippen LogP contribution in [0.1, 0.15) is 18.4 Å². The highest BCUT2D eigenvalue weighted by molar-refractivity contribution is 5.38. The Hall–Kier alpha value is -1.50. The number of benzene rings is 1. The Kier molecular flexibility index (Phi) is 4.43. The molecule has 0 spiro atoms. The van der Waals surface area contributed by atoms with Crippen LogP contribution in [0.2, 0.25) is 0 Å². The number of aliphatic hydroxyl groups excluding tert-OH is 1. The Morgan fingerprint density at radius 3 is 2.82 bits per heavy atom. The summed E-state index contributed by atoms with van der Waals surface area (Å²) in [6.07, 6.45) is 2.45. The summed E-state index contributed by atoms with van der Waals surface area (Å²) in [5.41, 5.74) is 0.878. The van der Waals surface area contributed by atoms with Crippen molar-refractivity contribution in [1.29, 1.82) is 0 Å². The van der Waals surface area contributed by atoms with Crippen molar-refractivity contribution in [1.82, 2.24) is 0 Å². The van der Waals surface area contributed by atoms with Gasteiger partial charge in [0.15, 0.2) is 0 Å². The molecule has 0 bridgehead atoms. The highest BCUT2D eigenvalue weighted by atomic mass is 16.5. The Morgan fingerprint density at radius 2 is 2.18 bits per heavy atom. The summed E-state index contributed by atoms with van der Waals surface area (Å²) >= 11 is 0. The van der Waals surface area contributed by atoms with E-state index in [0.29, 0.717) is 6.61 Å². The summed E-state index contributed by atoms with van der Waals surface area (Å²) in [6.45, 7) is 1.35. The minimum Gasteiger partial charge on any atom is -0.491 e. The van der Waals surface area contributed by atoms with Gasteiger partial charge in [-0.05, 0) is 37.1 Å². The largest absolute Gasteiger partial charge is 0.491 e. The quantitative estimate of drug-likeness (QED) is 0.804. The van der Waals surface area contributed by atoms with Crippen LogP contribution in [-0.2, 0) is 4.74 Å². The van der Waals surface area contributed by atoms with Gasteiger partial charge in [0, 0.05) is 12.2 Å². The van der Waals surface area contributed by atoms with Gasteiger partial charge in [-0.25, -0.2) is 0 Å². The molecule has 1 heterocycles. The van der Waals surface area contributed by atoms with Crippen molar-refractivity contribution in [3.05, 3.63) is 29.8 Å². The zero-order valence-electron chi connectivity index (χ0n) is 9.69. The van der Waals surface area contributed by atoms with E-state index in [1.165, 1.54) is 0 Å². The van der Waals surface area contributed by atoms with E-state index in [9.17, 15) is 0 Å². The Bertz CT molecular complexity index is 394. The average Bonchev–Trinajstić information content (AvgIpc) is 2.88. The van der Waals surface area contributed by atoms with Gasteiger partial charge in [-0.2, -0.15) is 0 Å². The molecule has 2 rings (SSSR count). The van der Waals surface area contributed by atoms with Crippen LogP contribution in [0.25, 0.3) is 0 Å². The van der Waals surface area contributed by atoms with Crippen molar-refractivity contribution in [3.8, 4) is 17.6 Å². The fourth-order valence-electron chi connectivity index (χ4n) is 1.74. The highest BCUT2D eigenvalue weighted by Crippen LogP contribution is 2.16. The molecule has 90 valence electrons. The molecule has 3 heteroatoms. The molecule has 1 atom stereocenters. The average molecular weight is 232 g/mol. The van der Waals surface area contributed by atoms with Gasteiger partial charge in [-0.3, -0.25) is 0 Å². The summed E-state index contributed by atoms with van der Waals surface area (Å²) in [7, 11) is 0. The van der Waals surface area contributed by atoms with Crippen LogP contribution in [-0.4, -0.2) is 31.0 Å². The number of rotatable bonds is 3. The summed E-state index contributed by atoms with van der Waals surface area (Å²) in [6, 6.07) is 7.54. The summed E-state index contributed by atoms with van der Waals surface area (Å²) in [5, 5.41) is 8.58. The molecular weight excluding hydrogens is 216 g/mol. The first kappa shape index (κ1) is 12.0. The highest BCUT2D eigenvalue weighted by Gasteiger charge is 2.15. The topological polar surface area (TPSA) is 38.7 Å². The molecular formula is C14H16O3. The van der Waals surface area contributed by atoms with Gasteiger partial charge in [0.1, 0.15) is 19.0 Å². The van der Waals surface area contributed by atoms with Crippen LogP contribution in [0, 0.1) is 11.8 Å². The maximum Gasteiger partial charge on any atom is 0.119 e. The molecule has 17 heavy (non-hydrogen) atoms. The molecule has 1 fully saturated rings. The lowest BCUT2D eigenvalue weighted by molar-refractivity contribution is 0.0679. The third-order valence-corrected chi connectivity index (χ3v) is 2.63. The number of hydrogen-bond donors (Lipinski definition) is 1. The molecule has 0 saturated carbocycles. The molecule has 0 aromatic heterocycles. The lowest BCUT2D eigenvalue weighted by atomic mass is 10.2. The van der Waals surface area contributed by atoms with E-state index in [1.54, 1.807) is 0 Å². The van der Waals surface area contributed by atoms with Crippen molar-refractivity contribution in [2.75, 3.05) is 19.8 Å². The molecule has 1 aromatic carbocycles. The second kappa shape index (κ2) is 6.29. The molecule has 1 aliphatic rings. The predicted molar refractivity (Wildman–Crippen MR) is 64.9 cm³/mol. The van der Waals surface area contributed by atoms with Gasteiger partial charge in [0.25, 0.3) is 0 Å². The predicted octanol–water partition coefficient (Wildman–Crippen LogP) is 1.59. The van der Waals surface area contributed by atoms with Gasteiger partial charge in [0.05, 0.1) is 6.10 Å². The zero-order chi connectivity index (χ0) is 11.9. The molecule has 1 aromatic rings. The van der Waals surface area contributed by atoms with Gasteiger partial charge in [-0.15, -0.1) is 0 Å². The molecule has 3 nitrogen and oxygen atoms in total. The monoisotopic (exact) mass is 232 g/mol. The summed E-state index contributed by atoms with van der Waals surface area (Å²) < 4.78 is 11.1. The van der Waals surface area contributed by atoms with Crippen molar-refractivity contribution >= 4 is 0 Å². The number of ether oxygens (including phenoxy) is 2. The first-order chi connectivity index (χ1) is 8.38. The van der Waals surface area contributed by atoms with Gasteiger partial charge in [-0.1, -0.05) is 11.8 Å². The maximum atomic E-state index is 8.58. The van der Waals surface area contributed by atoms with Crippen LogP contribution in [0.4, 0.5) is 0 Å². The van der Waals surface area contributed by atoms with Gasteiger partial charge in [0.2, 0.25) is 0 Å². The molecule has 0 aliphatic carbocycles. The Morgan fingerprint density at radius 1 is 1.35 bits per heavy atom. The van der Waals surface area contributed by atoms with Crippen LogP contribution in [0.5, 0.6) is 5.75 Å². The molecule has 1 N–H and O–H groups in total. The van der Waals surface area contributed by atoms with Crippen LogP contribution in [0.3, 0.4) is 0 Å². The second-order valence-corrected chi connectivity index (χ2v) is 3.93. The Labute approximate surface area is 101 Å². The van der Waals surface area contributed by atoms with E-state index in [4.69, 9.17) is 14.6 Å². The zero-order valence-corrected chi connectivity index (χ0v) is 9.69. The van der Waals surface area contributed by atoms with Crippen LogP contribution < -0.4 is 4.74 Å². The minimum absolute atomic E-state index is 0.114. The second-order valence-electron chi connectivity index (χ2n) is 3.93. The van der Waals surface area contributed by atoms with E-state index in [-0.39, 0.29) is 12.7 Å². The van der Waals surface area contributed by atoms with E-state index in [1.807, 2.05) is 24.3 Å². The molecule has 1 unspecified atom stereocenters. The van der Waals surface area contributed by atoms with E-state index in [2.05, 4.69) is 11.8 Å². The summed E-state index contributed by atoms with van der Waals surface area (Å²) in [5.74, 6) is 6.27. The molecule has 0 amide bonds. The third kappa shape index (κ3) is 3.77. The smallest absolute Gasteiger partial charge is 0.119 e. The standard InChI is InChI=1S/C14H16O3/c15-9-1-3-12-5-7-13(8-6-12)17-11-14-4-2-10-16-14/h5-8,14-15H,2,4,9-11H2. The van der Waals surface area contributed by atoms with Crippen LogP contribution >= 0.6 is 0 Å². The Balaban J connectivity index is 1.84. The first-order valence-electron chi connectivity index (χ1n) is 5.82. The van der Waals surface area contributed by atoms with Crippen molar-refractivity contribution in [2.45, 2.75) is 18.9 Å². The van der Waals surface area contributed by atoms with E-state index in [0.717, 1.165) is 30.8 Å². The molecule has 0 radical (unpaired) electrons. The SMILES string of the molecule is OCC#Cc1ccc(OCC2CCCO2)cc1. The molecule has 1 saturated heterocycles. The number of hydrogen-bond acceptors (Lipinski definition) is 3. The van der Waals surface area contributed by atoms with E-state index < -0.39 is 0 Å². The van der Waals surface area contributed by atoms with Crippen molar-refractivity contribution < 1.29 is 14.6 Å². The van der Waals surface area contributed by atoms with E-state index >= 15 is 0 Å². The van der Waals surface area contributed by atoms with Crippen LogP contribution in [0.15, 0.2) is 24.3 Å². The first-order valence-corrected chi connectivity index (χ1v) is 5.82. The third-order valence-electron chi connectivity index (χ3n) is 2.63. The van der Waals surface area contributed by atoms with Crippen molar-refractivity contribution in [3.63, 3.8) is 0 Å². The maximum absolute atomic E-state index is 8.58. The summed E-state index contributed by atoms with van der Waals surface area (Å²) in [4.78, 5) is 0. The van der Waals surface area contributed by atoms with Crippen molar-refractivity contribution in [2.24, 2.45) is 0 Å². The van der Waals surface area contributed by atoms with Gasteiger partial charge < -0.3 is 14.6 Å². The lowest BCUT2D eigenvalue weighted by Crippen LogP contribution is -2.16. The fourth-order valence-corrected chi connectivity index (χ4v) is 1.74. The molecule has 1 aliphatic heterocycles. The fraction of sp³-hybridized carbons (Fsp3) is 0.429. The van der Waals surface area contributed by atoms with Gasteiger partial charge >= 0.3 is 0 Å². The minimum atomic E-state index is -0.114. The number of aliphatic hydroxyl groups is 1. The normalized spacial score (nSPS) is 18.5.